The average Bonchev–Trinajstić information content (AvgIpc) is 2.93. The molecule has 1 saturated carbocycles. The van der Waals surface area contributed by atoms with E-state index in [9.17, 15) is 26.4 Å². The summed E-state index contributed by atoms with van der Waals surface area (Å²) >= 11 is 0. The van der Waals surface area contributed by atoms with Crippen molar-refractivity contribution in [1.29, 1.82) is 0 Å². The van der Waals surface area contributed by atoms with E-state index in [0.717, 1.165) is 51.2 Å². The zero-order chi connectivity index (χ0) is 31.4. The number of methoxy groups -OCH3 is 1. The number of aromatic nitrogens is 2. The Balaban J connectivity index is 1.57. The van der Waals surface area contributed by atoms with Crippen LogP contribution in [0.1, 0.15) is 67.1 Å². The maximum atomic E-state index is 14.0. The molecule has 0 bridgehead atoms. The molecule has 1 amide bonds. The number of carbonyl (C=O) groups excluding carboxylic acids is 1. The number of piperidine rings is 1. The van der Waals surface area contributed by atoms with Crippen molar-refractivity contribution >= 4 is 27.6 Å². The van der Waals surface area contributed by atoms with Gasteiger partial charge >= 0.3 is 6.18 Å². The molecule has 0 radical (unpaired) electrons. The van der Waals surface area contributed by atoms with Gasteiger partial charge in [-0.05, 0) is 69.8 Å². The molecule has 1 unspecified atom stereocenters. The van der Waals surface area contributed by atoms with Crippen LogP contribution in [0.15, 0.2) is 24.4 Å². The molecule has 3 atom stereocenters. The van der Waals surface area contributed by atoms with Gasteiger partial charge in [0.1, 0.15) is 5.75 Å². The van der Waals surface area contributed by atoms with Gasteiger partial charge in [-0.3, -0.25) is 4.79 Å². The Morgan fingerprint density at radius 3 is 2.58 bits per heavy atom. The molecule has 4 rings (SSSR count). The molecule has 238 valence electrons. The number of hydrogen-bond donors (Lipinski definition) is 2. The summed E-state index contributed by atoms with van der Waals surface area (Å²) in [5.74, 6) is -0.330. The Bertz CT molecular complexity index is 1390. The van der Waals surface area contributed by atoms with E-state index >= 15 is 0 Å². The Hall–Kier alpha value is -2.97. The fraction of sp³-hybridized carbons (Fsp3) is 0.621. The summed E-state index contributed by atoms with van der Waals surface area (Å²) < 4.78 is 73.9. The van der Waals surface area contributed by atoms with Crippen LogP contribution in [0.5, 0.6) is 5.75 Å². The molecular weight excluding hydrogens is 585 g/mol. The zero-order valence-electron chi connectivity index (χ0n) is 25.1. The van der Waals surface area contributed by atoms with Crippen molar-refractivity contribution in [2.24, 2.45) is 5.92 Å². The van der Waals surface area contributed by atoms with Crippen LogP contribution >= 0.6 is 0 Å². The highest BCUT2D eigenvalue weighted by molar-refractivity contribution is 7.88. The van der Waals surface area contributed by atoms with Crippen LogP contribution < -0.4 is 15.4 Å². The van der Waals surface area contributed by atoms with Gasteiger partial charge in [-0.15, -0.1) is 0 Å². The molecule has 1 aliphatic carbocycles. The second kappa shape index (κ2) is 13.8. The van der Waals surface area contributed by atoms with Gasteiger partial charge in [-0.25, -0.2) is 18.4 Å². The highest BCUT2D eigenvalue weighted by Gasteiger charge is 2.39. The van der Waals surface area contributed by atoms with Gasteiger partial charge in [0, 0.05) is 36.9 Å². The number of likely N-dealkylation sites (tertiary alicyclic amines) is 1. The first kappa shape index (κ1) is 32.9. The summed E-state index contributed by atoms with van der Waals surface area (Å²) in [5, 5.41) is 5.99. The van der Waals surface area contributed by atoms with Crippen LogP contribution in [-0.2, 0) is 22.6 Å². The van der Waals surface area contributed by atoms with Crippen LogP contribution in [0, 0.1) is 5.92 Å². The number of likely N-dealkylation sites (N-methyl/N-ethyl adjacent to an activating group) is 1. The molecule has 1 aliphatic heterocycles. The Morgan fingerprint density at radius 1 is 1.19 bits per heavy atom. The van der Waals surface area contributed by atoms with Gasteiger partial charge in [0.05, 0.1) is 30.3 Å². The lowest BCUT2D eigenvalue weighted by atomic mass is 9.81. The number of ether oxygens (including phenoxy) is 1. The second-order valence-corrected chi connectivity index (χ2v) is 13.4. The molecule has 0 spiro atoms. The lowest BCUT2D eigenvalue weighted by Crippen LogP contribution is -2.46. The Kier molecular flexibility index (Phi) is 10.5. The van der Waals surface area contributed by atoms with Crippen LogP contribution in [-0.4, -0.2) is 85.6 Å². The molecule has 1 saturated heterocycles. The molecule has 14 heteroatoms. The maximum absolute atomic E-state index is 14.0. The molecule has 1 aromatic heterocycles. The molecule has 2 fully saturated rings. The molecule has 2 aliphatic rings. The third-order valence-corrected chi connectivity index (χ3v) is 9.66. The number of nitrogens with zero attached hydrogens (tertiary/aromatic N) is 4. The zero-order valence-corrected chi connectivity index (χ0v) is 25.9. The number of nitrogens with one attached hydrogen (secondary N) is 2. The number of hydrogen-bond acceptors (Lipinski definition) is 8. The standard InChI is InChI=1S/C29H41F3N6O4S/c1-5-38(43(4,40)41)25-11-7-6-9-19(25)15-24-22(29(30,31)32)17-33-28(36-24)35-23-13-12-20(16-26(23)42-3)27(39)34-21-10-8-14-37(2)18-21/h12-13,16-17,19,21,25H,5-11,14-15,18H2,1-4H3,(H,34,39)(H,33,35,36)/t19-,21?,25+/m0/s1. The largest absolute Gasteiger partial charge is 0.495 e. The van der Waals surface area contributed by atoms with E-state index in [2.05, 4.69) is 25.5 Å². The fourth-order valence-electron chi connectivity index (χ4n) is 6.25. The van der Waals surface area contributed by atoms with Crippen molar-refractivity contribution < 1.29 is 31.1 Å². The van der Waals surface area contributed by atoms with Gasteiger partial charge in [0.25, 0.3) is 5.91 Å². The van der Waals surface area contributed by atoms with Crippen LogP contribution in [0.3, 0.4) is 0 Å². The van der Waals surface area contributed by atoms with Gasteiger partial charge in [0.2, 0.25) is 16.0 Å². The van der Waals surface area contributed by atoms with E-state index in [1.54, 1.807) is 25.1 Å². The lowest BCUT2D eigenvalue weighted by Gasteiger charge is -2.38. The molecule has 2 aromatic rings. The van der Waals surface area contributed by atoms with Crippen LogP contribution in [0.25, 0.3) is 0 Å². The summed E-state index contributed by atoms with van der Waals surface area (Å²) in [6, 6.07) is 4.40. The van der Waals surface area contributed by atoms with E-state index in [1.165, 1.54) is 11.4 Å². The highest BCUT2D eigenvalue weighted by atomic mass is 32.2. The molecule has 2 heterocycles. The normalized spacial score (nSPS) is 21.9. The minimum atomic E-state index is -4.68. The second-order valence-electron chi connectivity index (χ2n) is 11.4. The topological polar surface area (TPSA) is 117 Å². The van der Waals surface area contributed by atoms with Crippen LogP contribution in [0.2, 0.25) is 0 Å². The highest BCUT2D eigenvalue weighted by Crippen LogP contribution is 2.37. The number of benzene rings is 1. The smallest absolute Gasteiger partial charge is 0.419 e. The predicted octanol–water partition coefficient (Wildman–Crippen LogP) is 4.45. The summed E-state index contributed by atoms with van der Waals surface area (Å²) in [5.41, 5.74) is -0.373. The fourth-order valence-corrected chi connectivity index (χ4v) is 7.49. The molecule has 43 heavy (non-hydrogen) atoms. The van der Waals surface area contributed by atoms with Crippen molar-refractivity contribution in [3.05, 3.63) is 41.2 Å². The monoisotopic (exact) mass is 626 g/mol. The number of sulfonamides is 1. The first-order valence-electron chi connectivity index (χ1n) is 14.6. The maximum Gasteiger partial charge on any atom is 0.419 e. The minimum absolute atomic E-state index is 0.0413. The van der Waals surface area contributed by atoms with Crippen molar-refractivity contribution in [3.8, 4) is 5.75 Å². The van der Waals surface area contributed by atoms with Gasteiger partial charge in [-0.1, -0.05) is 19.8 Å². The van der Waals surface area contributed by atoms with Gasteiger partial charge in [-0.2, -0.15) is 17.5 Å². The predicted molar refractivity (Wildman–Crippen MR) is 158 cm³/mol. The van der Waals surface area contributed by atoms with E-state index in [4.69, 9.17) is 4.74 Å². The third-order valence-electron chi connectivity index (χ3n) is 8.28. The van der Waals surface area contributed by atoms with E-state index in [0.29, 0.717) is 29.8 Å². The van der Waals surface area contributed by atoms with Crippen molar-refractivity contribution in [1.82, 2.24) is 24.5 Å². The summed E-state index contributed by atoms with van der Waals surface area (Å²) in [4.78, 5) is 23.3. The number of amides is 1. The van der Waals surface area contributed by atoms with Gasteiger partial charge in [0.15, 0.2) is 0 Å². The number of carbonyl (C=O) groups is 1. The number of alkyl halides is 3. The van der Waals surface area contributed by atoms with Crippen molar-refractivity contribution in [2.75, 3.05) is 45.4 Å². The molecular formula is C29H41F3N6O4S. The average molecular weight is 627 g/mol. The quantitative estimate of drug-likeness (QED) is 0.398. The molecule has 2 N–H and O–H groups in total. The minimum Gasteiger partial charge on any atom is -0.495 e. The van der Waals surface area contributed by atoms with Crippen molar-refractivity contribution in [2.45, 2.75) is 70.1 Å². The Labute approximate surface area is 251 Å². The van der Waals surface area contributed by atoms with E-state index in [-0.39, 0.29) is 42.5 Å². The summed E-state index contributed by atoms with van der Waals surface area (Å²) in [6.07, 6.45) is 1.84. The number of halogens is 3. The summed E-state index contributed by atoms with van der Waals surface area (Å²) in [7, 11) is -0.0884. The van der Waals surface area contributed by atoms with Crippen LogP contribution in [0.4, 0.5) is 24.8 Å². The van der Waals surface area contributed by atoms with Crippen molar-refractivity contribution in [3.63, 3.8) is 0 Å². The van der Waals surface area contributed by atoms with E-state index in [1.807, 2.05) is 7.05 Å². The molecule has 10 nitrogen and oxygen atoms in total. The third kappa shape index (κ3) is 8.36. The van der Waals surface area contributed by atoms with E-state index < -0.39 is 27.8 Å². The first-order valence-corrected chi connectivity index (χ1v) is 16.5. The Morgan fingerprint density at radius 2 is 1.93 bits per heavy atom. The number of rotatable bonds is 10. The van der Waals surface area contributed by atoms with Gasteiger partial charge < -0.3 is 20.3 Å². The lowest BCUT2D eigenvalue weighted by molar-refractivity contribution is -0.138. The first-order chi connectivity index (χ1) is 20.3. The SMILES string of the molecule is CCN([C@@H]1CCCC[C@H]1Cc1nc(Nc2ccc(C(=O)NC3CCCN(C)C3)cc2OC)ncc1C(F)(F)F)S(C)(=O)=O. The summed E-state index contributed by atoms with van der Waals surface area (Å²) in [6.45, 7) is 3.74. The number of anilines is 2. The molecule has 1 aromatic carbocycles.